The smallest absolute Gasteiger partial charge is 0.257 e. The molecule has 0 aromatic carbocycles. The van der Waals surface area contributed by atoms with Gasteiger partial charge in [-0.25, -0.2) is 8.78 Å². The third-order valence-electron chi connectivity index (χ3n) is 1.64. The zero-order valence-electron chi connectivity index (χ0n) is 8.00. The molecule has 74 valence electrons. The van der Waals surface area contributed by atoms with Gasteiger partial charge in [-0.1, -0.05) is 26.2 Å². The van der Waals surface area contributed by atoms with Crippen molar-refractivity contribution in [1.29, 1.82) is 0 Å². The maximum absolute atomic E-state index is 12.2. The predicted octanol–water partition coefficient (Wildman–Crippen LogP) is 2.81. The Labute approximate surface area is 73.5 Å². The Morgan fingerprint density at radius 1 is 1.17 bits per heavy atom. The average molecular weight is 179 g/mol. The SMILES string of the molecule is CCCCCCNCC(C)(F)F. The molecule has 0 rings (SSSR count). The van der Waals surface area contributed by atoms with Crippen molar-refractivity contribution >= 4 is 0 Å². The molecule has 0 aromatic rings. The maximum Gasteiger partial charge on any atom is 0.257 e. The lowest BCUT2D eigenvalue weighted by Crippen LogP contribution is -2.30. The van der Waals surface area contributed by atoms with E-state index in [0.717, 1.165) is 19.8 Å². The zero-order valence-corrected chi connectivity index (χ0v) is 8.00. The molecule has 0 aromatic heterocycles. The van der Waals surface area contributed by atoms with Crippen molar-refractivity contribution in [2.75, 3.05) is 13.1 Å². The Balaban J connectivity index is 3.01. The average Bonchev–Trinajstić information content (AvgIpc) is 1.94. The third-order valence-corrected chi connectivity index (χ3v) is 1.64. The second-order valence-corrected chi connectivity index (χ2v) is 3.31. The van der Waals surface area contributed by atoms with Crippen LogP contribution in [0.4, 0.5) is 8.78 Å². The van der Waals surface area contributed by atoms with E-state index in [1.807, 2.05) is 0 Å². The fourth-order valence-corrected chi connectivity index (χ4v) is 0.985. The minimum absolute atomic E-state index is 0.195. The fourth-order valence-electron chi connectivity index (χ4n) is 0.985. The van der Waals surface area contributed by atoms with E-state index in [-0.39, 0.29) is 6.54 Å². The van der Waals surface area contributed by atoms with Gasteiger partial charge in [-0.3, -0.25) is 0 Å². The van der Waals surface area contributed by atoms with E-state index in [9.17, 15) is 8.78 Å². The molecule has 0 aliphatic rings. The van der Waals surface area contributed by atoms with Crippen LogP contribution in [-0.2, 0) is 0 Å². The third kappa shape index (κ3) is 9.82. The van der Waals surface area contributed by atoms with Crippen LogP contribution in [0.25, 0.3) is 0 Å². The van der Waals surface area contributed by atoms with Crippen molar-refractivity contribution < 1.29 is 8.78 Å². The summed E-state index contributed by atoms with van der Waals surface area (Å²) in [6, 6.07) is 0. The molecule has 0 fully saturated rings. The van der Waals surface area contributed by atoms with Gasteiger partial charge in [0.15, 0.2) is 0 Å². The molecule has 0 saturated carbocycles. The molecule has 0 bridgehead atoms. The zero-order chi connectivity index (χ0) is 9.45. The number of nitrogens with one attached hydrogen (secondary N) is 1. The molecule has 1 N–H and O–H groups in total. The van der Waals surface area contributed by atoms with Crippen LogP contribution in [0.2, 0.25) is 0 Å². The Bertz CT molecular complexity index is 99.2. The highest BCUT2D eigenvalue weighted by atomic mass is 19.3. The van der Waals surface area contributed by atoms with Gasteiger partial charge in [0, 0.05) is 6.92 Å². The Hall–Kier alpha value is -0.180. The van der Waals surface area contributed by atoms with Crippen molar-refractivity contribution in [2.45, 2.75) is 45.5 Å². The van der Waals surface area contributed by atoms with Gasteiger partial charge in [-0.15, -0.1) is 0 Å². The molecule has 0 aliphatic carbocycles. The number of halogens is 2. The predicted molar refractivity (Wildman–Crippen MR) is 47.6 cm³/mol. The lowest BCUT2D eigenvalue weighted by atomic mass is 10.2. The van der Waals surface area contributed by atoms with Gasteiger partial charge in [0.1, 0.15) is 0 Å². The standard InChI is InChI=1S/C9H19F2N/c1-3-4-5-6-7-12-8-9(2,10)11/h12H,3-8H2,1-2H3. The number of alkyl halides is 2. The van der Waals surface area contributed by atoms with Crippen LogP contribution in [0.15, 0.2) is 0 Å². The van der Waals surface area contributed by atoms with Crippen LogP contribution >= 0.6 is 0 Å². The van der Waals surface area contributed by atoms with E-state index in [1.54, 1.807) is 0 Å². The minimum Gasteiger partial charge on any atom is -0.311 e. The summed E-state index contributed by atoms with van der Waals surface area (Å²) in [7, 11) is 0. The highest BCUT2D eigenvalue weighted by molar-refractivity contribution is 4.61. The molecule has 12 heavy (non-hydrogen) atoms. The first-order chi connectivity index (χ1) is 5.56. The van der Waals surface area contributed by atoms with Gasteiger partial charge in [0.2, 0.25) is 0 Å². The summed E-state index contributed by atoms with van der Waals surface area (Å²) in [5.74, 6) is -2.56. The van der Waals surface area contributed by atoms with Crippen LogP contribution in [0.1, 0.15) is 39.5 Å². The largest absolute Gasteiger partial charge is 0.311 e. The molecule has 0 aliphatic heterocycles. The van der Waals surface area contributed by atoms with Gasteiger partial charge < -0.3 is 5.32 Å². The van der Waals surface area contributed by atoms with Gasteiger partial charge in [-0.2, -0.15) is 0 Å². The number of hydrogen-bond acceptors (Lipinski definition) is 1. The molecule has 3 heteroatoms. The Morgan fingerprint density at radius 3 is 2.33 bits per heavy atom. The maximum atomic E-state index is 12.2. The van der Waals surface area contributed by atoms with Crippen molar-refractivity contribution in [3.63, 3.8) is 0 Å². The quantitative estimate of drug-likeness (QED) is 0.592. The first-order valence-corrected chi connectivity index (χ1v) is 4.65. The van der Waals surface area contributed by atoms with Gasteiger partial charge >= 0.3 is 0 Å². The van der Waals surface area contributed by atoms with Crippen LogP contribution < -0.4 is 5.32 Å². The fraction of sp³-hybridized carbons (Fsp3) is 1.00. The highest BCUT2D eigenvalue weighted by Crippen LogP contribution is 2.08. The molecule has 0 radical (unpaired) electrons. The van der Waals surface area contributed by atoms with Gasteiger partial charge in [0.25, 0.3) is 5.92 Å². The lowest BCUT2D eigenvalue weighted by Gasteiger charge is -2.10. The molecule has 0 spiro atoms. The summed E-state index contributed by atoms with van der Waals surface area (Å²) < 4.78 is 24.5. The van der Waals surface area contributed by atoms with Crippen molar-refractivity contribution in [3.05, 3.63) is 0 Å². The molecule has 0 amide bonds. The summed E-state index contributed by atoms with van der Waals surface area (Å²) in [4.78, 5) is 0. The number of hydrogen-bond donors (Lipinski definition) is 1. The van der Waals surface area contributed by atoms with E-state index >= 15 is 0 Å². The Morgan fingerprint density at radius 2 is 1.83 bits per heavy atom. The van der Waals surface area contributed by atoms with Gasteiger partial charge in [-0.05, 0) is 13.0 Å². The second-order valence-electron chi connectivity index (χ2n) is 3.31. The monoisotopic (exact) mass is 179 g/mol. The van der Waals surface area contributed by atoms with Gasteiger partial charge in [0.05, 0.1) is 6.54 Å². The van der Waals surface area contributed by atoms with Crippen molar-refractivity contribution in [3.8, 4) is 0 Å². The molecule has 0 heterocycles. The number of unbranched alkanes of at least 4 members (excludes halogenated alkanes) is 3. The first-order valence-electron chi connectivity index (χ1n) is 4.65. The van der Waals surface area contributed by atoms with E-state index in [2.05, 4.69) is 12.2 Å². The van der Waals surface area contributed by atoms with E-state index in [0.29, 0.717) is 6.54 Å². The topological polar surface area (TPSA) is 12.0 Å². The second kappa shape index (κ2) is 6.35. The molecular formula is C9H19F2N. The summed E-state index contributed by atoms with van der Waals surface area (Å²) >= 11 is 0. The van der Waals surface area contributed by atoms with E-state index in [4.69, 9.17) is 0 Å². The van der Waals surface area contributed by atoms with Crippen LogP contribution in [-0.4, -0.2) is 19.0 Å². The lowest BCUT2D eigenvalue weighted by molar-refractivity contribution is 0.0228. The molecular weight excluding hydrogens is 160 g/mol. The van der Waals surface area contributed by atoms with Crippen molar-refractivity contribution in [1.82, 2.24) is 5.32 Å². The Kier molecular flexibility index (Phi) is 6.25. The minimum atomic E-state index is -2.56. The van der Waals surface area contributed by atoms with E-state index in [1.165, 1.54) is 12.8 Å². The molecule has 1 nitrogen and oxygen atoms in total. The van der Waals surface area contributed by atoms with Crippen LogP contribution in [0, 0.1) is 0 Å². The summed E-state index contributed by atoms with van der Waals surface area (Å²) in [6.07, 6.45) is 4.52. The summed E-state index contributed by atoms with van der Waals surface area (Å²) in [5.41, 5.74) is 0. The van der Waals surface area contributed by atoms with Crippen LogP contribution in [0.3, 0.4) is 0 Å². The normalized spacial score (nSPS) is 12.0. The first kappa shape index (κ1) is 11.8. The summed E-state index contributed by atoms with van der Waals surface area (Å²) in [5, 5.41) is 2.73. The number of rotatable bonds is 7. The van der Waals surface area contributed by atoms with Crippen LogP contribution in [0.5, 0.6) is 0 Å². The van der Waals surface area contributed by atoms with E-state index < -0.39 is 5.92 Å². The van der Waals surface area contributed by atoms with Crippen molar-refractivity contribution in [2.24, 2.45) is 0 Å². The molecule has 0 unspecified atom stereocenters. The molecule has 0 saturated heterocycles. The highest BCUT2D eigenvalue weighted by Gasteiger charge is 2.19. The summed E-state index contributed by atoms with van der Waals surface area (Å²) in [6.45, 7) is 3.59. The molecule has 0 atom stereocenters.